The number of nitrogens with one attached hydrogen (secondary N) is 1. The van der Waals surface area contributed by atoms with Gasteiger partial charge in [-0.05, 0) is 63.7 Å². The molecular formula is C18H24N2O. The summed E-state index contributed by atoms with van der Waals surface area (Å²) in [5.41, 5.74) is 0.963. The molecule has 0 amide bonds. The van der Waals surface area contributed by atoms with Gasteiger partial charge in [-0.2, -0.15) is 0 Å². The molecule has 3 heteroatoms. The molecule has 1 aromatic carbocycles. The van der Waals surface area contributed by atoms with E-state index < -0.39 is 0 Å². The Kier molecular flexibility index (Phi) is 4.73. The average Bonchev–Trinajstić information content (AvgIpc) is 2.92. The second-order valence-electron chi connectivity index (χ2n) is 5.89. The second-order valence-corrected chi connectivity index (χ2v) is 5.89. The SMILES string of the molecule is CNCC1CCN(CC=Cc2cc3ccccc3o2)CC1. The zero-order chi connectivity index (χ0) is 14.5. The van der Waals surface area contributed by atoms with E-state index in [2.05, 4.69) is 34.5 Å². The van der Waals surface area contributed by atoms with Gasteiger partial charge in [0.1, 0.15) is 11.3 Å². The van der Waals surface area contributed by atoms with E-state index in [9.17, 15) is 0 Å². The number of rotatable bonds is 5. The third-order valence-corrected chi connectivity index (χ3v) is 4.29. The fourth-order valence-electron chi connectivity index (χ4n) is 3.06. The van der Waals surface area contributed by atoms with Crippen LogP contribution in [0.25, 0.3) is 17.0 Å². The van der Waals surface area contributed by atoms with Crippen molar-refractivity contribution in [2.24, 2.45) is 5.92 Å². The third kappa shape index (κ3) is 3.74. The van der Waals surface area contributed by atoms with E-state index in [0.29, 0.717) is 0 Å². The number of likely N-dealkylation sites (tertiary alicyclic amines) is 1. The van der Waals surface area contributed by atoms with Crippen molar-refractivity contribution in [1.82, 2.24) is 10.2 Å². The van der Waals surface area contributed by atoms with E-state index in [1.807, 2.05) is 25.2 Å². The molecule has 1 aliphatic rings. The molecule has 1 fully saturated rings. The Morgan fingerprint density at radius 3 is 2.86 bits per heavy atom. The van der Waals surface area contributed by atoms with Gasteiger partial charge in [0, 0.05) is 11.9 Å². The predicted molar refractivity (Wildman–Crippen MR) is 88.3 cm³/mol. The molecule has 0 aliphatic carbocycles. The standard InChI is InChI=1S/C18H24N2O/c1-19-14-15-8-11-20(12-9-15)10-4-6-17-13-16-5-2-3-7-18(16)21-17/h2-7,13,15,19H,8-12,14H2,1H3. The lowest BCUT2D eigenvalue weighted by Crippen LogP contribution is -2.36. The lowest BCUT2D eigenvalue weighted by atomic mass is 9.97. The zero-order valence-electron chi connectivity index (χ0n) is 12.7. The number of fused-ring (bicyclic) bond motifs is 1. The molecule has 1 aliphatic heterocycles. The molecule has 0 radical (unpaired) electrons. The van der Waals surface area contributed by atoms with Crippen molar-refractivity contribution >= 4 is 17.0 Å². The van der Waals surface area contributed by atoms with E-state index in [4.69, 9.17) is 4.42 Å². The van der Waals surface area contributed by atoms with Gasteiger partial charge in [0.2, 0.25) is 0 Å². The minimum Gasteiger partial charge on any atom is -0.457 e. The fourth-order valence-corrected chi connectivity index (χ4v) is 3.06. The van der Waals surface area contributed by atoms with Crippen LogP contribution in [0.1, 0.15) is 18.6 Å². The summed E-state index contributed by atoms with van der Waals surface area (Å²) in [5.74, 6) is 1.80. The van der Waals surface area contributed by atoms with Crippen molar-refractivity contribution in [3.63, 3.8) is 0 Å². The van der Waals surface area contributed by atoms with Crippen molar-refractivity contribution in [1.29, 1.82) is 0 Å². The van der Waals surface area contributed by atoms with Crippen LogP contribution in [-0.2, 0) is 0 Å². The quantitative estimate of drug-likeness (QED) is 0.912. The first-order valence-electron chi connectivity index (χ1n) is 7.87. The lowest BCUT2D eigenvalue weighted by molar-refractivity contribution is 0.200. The molecule has 0 unspecified atom stereocenters. The van der Waals surface area contributed by atoms with Crippen molar-refractivity contribution in [3.05, 3.63) is 42.2 Å². The maximum Gasteiger partial charge on any atom is 0.134 e. The van der Waals surface area contributed by atoms with Gasteiger partial charge in [0.25, 0.3) is 0 Å². The van der Waals surface area contributed by atoms with Crippen molar-refractivity contribution in [2.75, 3.05) is 33.2 Å². The molecule has 0 bridgehead atoms. The first-order chi connectivity index (χ1) is 10.3. The molecule has 112 valence electrons. The van der Waals surface area contributed by atoms with Crippen LogP contribution >= 0.6 is 0 Å². The number of furan rings is 1. The van der Waals surface area contributed by atoms with Gasteiger partial charge in [-0.3, -0.25) is 4.90 Å². The molecular weight excluding hydrogens is 260 g/mol. The molecule has 21 heavy (non-hydrogen) atoms. The topological polar surface area (TPSA) is 28.4 Å². The summed E-state index contributed by atoms with van der Waals surface area (Å²) in [6, 6.07) is 10.3. The highest BCUT2D eigenvalue weighted by Gasteiger charge is 2.17. The fraction of sp³-hybridized carbons (Fsp3) is 0.444. The Hall–Kier alpha value is -1.58. The van der Waals surface area contributed by atoms with Crippen LogP contribution in [0.3, 0.4) is 0 Å². The smallest absolute Gasteiger partial charge is 0.134 e. The molecule has 1 saturated heterocycles. The van der Waals surface area contributed by atoms with Crippen LogP contribution in [0.2, 0.25) is 0 Å². The first-order valence-corrected chi connectivity index (χ1v) is 7.87. The van der Waals surface area contributed by atoms with Crippen molar-refractivity contribution in [3.8, 4) is 0 Å². The number of benzene rings is 1. The minimum atomic E-state index is 0.852. The van der Waals surface area contributed by atoms with E-state index in [1.54, 1.807) is 0 Å². The van der Waals surface area contributed by atoms with Crippen molar-refractivity contribution in [2.45, 2.75) is 12.8 Å². The molecule has 3 rings (SSSR count). The summed E-state index contributed by atoms with van der Waals surface area (Å²) >= 11 is 0. The van der Waals surface area contributed by atoms with E-state index in [0.717, 1.165) is 30.4 Å². The van der Waals surface area contributed by atoms with Crippen LogP contribution in [0.15, 0.2) is 40.8 Å². The van der Waals surface area contributed by atoms with Gasteiger partial charge < -0.3 is 9.73 Å². The predicted octanol–water partition coefficient (Wildman–Crippen LogP) is 3.38. The van der Waals surface area contributed by atoms with E-state index >= 15 is 0 Å². The number of nitrogens with zero attached hydrogens (tertiary/aromatic N) is 1. The Balaban J connectivity index is 1.51. The lowest BCUT2D eigenvalue weighted by Gasteiger charge is -2.30. The molecule has 3 nitrogen and oxygen atoms in total. The van der Waals surface area contributed by atoms with Gasteiger partial charge in [-0.1, -0.05) is 24.3 Å². The Bertz CT molecular complexity index is 561. The van der Waals surface area contributed by atoms with Gasteiger partial charge in [-0.25, -0.2) is 0 Å². The average molecular weight is 284 g/mol. The Labute approximate surface area is 126 Å². The summed E-state index contributed by atoms with van der Waals surface area (Å²) in [4.78, 5) is 2.52. The normalized spacial score (nSPS) is 18.0. The molecule has 2 heterocycles. The molecule has 0 spiro atoms. The highest BCUT2D eigenvalue weighted by Crippen LogP contribution is 2.20. The summed E-state index contributed by atoms with van der Waals surface area (Å²) in [6.45, 7) is 4.58. The van der Waals surface area contributed by atoms with Crippen LogP contribution < -0.4 is 5.32 Å². The maximum atomic E-state index is 5.79. The molecule has 1 N–H and O–H groups in total. The van der Waals surface area contributed by atoms with Gasteiger partial charge in [-0.15, -0.1) is 0 Å². The van der Waals surface area contributed by atoms with Gasteiger partial charge in [0.05, 0.1) is 0 Å². The van der Waals surface area contributed by atoms with Crippen LogP contribution in [-0.4, -0.2) is 38.1 Å². The molecule has 0 atom stereocenters. The molecule has 1 aromatic heterocycles. The Morgan fingerprint density at radius 2 is 2.10 bits per heavy atom. The maximum absolute atomic E-state index is 5.79. The van der Waals surface area contributed by atoms with Crippen LogP contribution in [0.5, 0.6) is 0 Å². The highest BCUT2D eigenvalue weighted by atomic mass is 16.3. The zero-order valence-corrected chi connectivity index (χ0v) is 12.7. The van der Waals surface area contributed by atoms with E-state index in [-0.39, 0.29) is 0 Å². The van der Waals surface area contributed by atoms with Crippen LogP contribution in [0, 0.1) is 5.92 Å². The molecule has 0 saturated carbocycles. The van der Waals surface area contributed by atoms with Gasteiger partial charge in [0.15, 0.2) is 0 Å². The summed E-state index contributed by atoms with van der Waals surface area (Å²) in [6.07, 6.45) is 6.93. The Morgan fingerprint density at radius 1 is 1.29 bits per heavy atom. The number of hydrogen-bond acceptors (Lipinski definition) is 3. The third-order valence-electron chi connectivity index (χ3n) is 4.29. The number of para-hydroxylation sites is 1. The van der Waals surface area contributed by atoms with Crippen LogP contribution in [0.4, 0.5) is 0 Å². The second kappa shape index (κ2) is 6.92. The largest absolute Gasteiger partial charge is 0.457 e. The first kappa shape index (κ1) is 14.4. The van der Waals surface area contributed by atoms with Gasteiger partial charge >= 0.3 is 0 Å². The number of piperidine rings is 1. The van der Waals surface area contributed by atoms with Crippen molar-refractivity contribution < 1.29 is 4.42 Å². The van der Waals surface area contributed by atoms with E-state index in [1.165, 1.54) is 31.3 Å². The minimum absolute atomic E-state index is 0.852. The highest BCUT2D eigenvalue weighted by molar-refractivity contribution is 5.79. The summed E-state index contributed by atoms with van der Waals surface area (Å²) in [5, 5.41) is 4.46. The number of hydrogen-bond donors (Lipinski definition) is 1. The summed E-state index contributed by atoms with van der Waals surface area (Å²) in [7, 11) is 2.04. The monoisotopic (exact) mass is 284 g/mol. The molecule has 2 aromatic rings. The summed E-state index contributed by atoms with van der Waals surface area (Å²) < 4.78 is 5.79.